The smallest absolute Gasteiger partial charge is 0.550 e. The molecule has 2 N–H and O–H groups in total. The van der Waals surface area contributed by atoms with Gasteiger partial charge in [-0.05, 0) is 61.9 Å². The van der Waals surface area contributed by atoms with Crippen LogP contribution in [0.3, 0.4) is 0 Å². The van der Waals surface area contributed by atoms with Gasteiger partial charge in [0.05, 0.1) is 18.3 Å². The number of phenolic OH excluding ortho intramolecular Hbond substituents is 1. The van der Waals surface area contributed by atoms with Crippen molar-refractivity contribution in [3.63, 3.8) is 0 Å². The fourth-order valence-corrected chi connectivity index (χ4v) is 4.25. The number of benzene rings is 2. The Morgan fingerprint density at radius 3 is 2.39 bits per heavy atom. The number of carbonyl (C=O) groups excluding carboxylic acids is 2. The van der Waals surface area contributed by atoms with Crippen LogP contribution < -0.4 is 39.4 Å². The molecule has 2 aromatic carbocycles. The van der Waals surface area contributed by atoms with E-state index in [1.54, 1.807) is 30.8 Å². The Balaban J connectivity index is 0.00000544. The third-order valence-corrected chi connectivity index (χ3v) is 6.28. The van der Waals surface area contributed by atoms with Crippen molar-refractivity contribution in [3.05, 3.63) is 53.1 Å². The maximum Gasteiger partial charge on any atom is 1.00 e. The van der Waals surface area contributed by atoms with E-state index in [2.05, 4.69) is 0 Å². The number of carbonyl (C=O) groups is 2. The third-order valence-electron chi connectivity index (χ3n) is 5.18. The Bertz CT molecular complexity index is 916. The molecule has 0 saturated heterocycles. The van der Waals surface area contributed by atoms with Gasteiger partial charge in [-0.3, -0.25) is 4.79 Å². The second-order valence-electron chi connectivity index (χ2n) is 7.86. The van der Waals surface area contributed by atoms with Crippen LogP contribution in [0.4, 0.5) is 0 Å². The molecule has 2 aromatic rings. The molecule has 0 aliphatic carbocycles. The predicted octanol–water partition coefficient (Wildman–Crippen LogP) is 0.922. The molecule has 0 fully saturated rings. The van der Waals surface area contributed by atoms with E-state index < -0.39 is 18.0 Å². The summed E-state index contributed by atoms with van der Waals surface area (Å²) in [5.74, 6) is -0.306. The van der Waals surface area contributed by atoms with Gasteiger partial charge >= 0.3 is 29.6 Å². The zero-order valence-electron chi connectivity index (χ0n) is 19.8. The van der Waals surface area contributed by atoms with Gasteiger partial charge in [0.1, 0.15) is 11.5 Å². The zero-order valence-corrected chi connectivity index (χ0v) is 22.6. The number of aliphatic hydroxyl groups is 1. The number of hydrogen-bond donors (Lipinski definition) is 2. The normalized spacial score (nSPS) is 12.5. The van der Waals surface area contributed by atoms with E-state index in [0.717, 1.165) is 23.5 Å². The average Bonchev–Trinajstić information content (AvgIpc) is 2.75. The maximum atomic E-state index is 11.7. The molecule has 2 rings (SSSR count). The number of carboxylic acids is 1. The SMILES string of the molecule is CCCc1c(OCCCSc2ccc([C@@H](O)[C@H](C)CC(=O)[O-])cc2)ccc(C(C)=O)c1O.[Na+]. The largest absolute Gasteiger partial charge is 1.00 e. The van der Waals surface area contributed by atoms with E-state index in [-0.39, 0.29) is 47.5 Å². The number of aliphatic hydroxyl groups excluding tert-OH is 1. The van der Waals surface area contributed by atoms with Gasteiger partial charge in [-0.2, -0.15) is 0 Å². The minimum atomic E-state index is -1.17. The van der Waals surface area contributed by atoms with Gasteiger partial charge in [0.2, 0.25) is 0 Å². The molecule has 0 aromatic heterocycles. The number of carboxylic acid groups (broad SMARTS) is 1. The molecule has 0 radical (unpaired) electrons. The molecule has 0 unspecified atom stereocenters. The number of hydrogen-bond acceptors (Lipinski definition) is 7. The van der Waals surface area contributed by atoms with Crippen molar-refractivity contribution in [2.75, 3.05) is 12.4 Å². The minimum absolute atomic E-state index is 0. The fourth-order valence-electron chi connectivity index (χ4n) is 3.42. The quantitative estimate of drug-likeness (QED) is 0.189. The summed E-state index contributed by atoms with van der Waals surface area (Å²) in [6, 6.07) is 10.8. The molecule has 0 saturated carbocycles. The molecule has 8 heteroatoms. The van der Waals surface area contributed by atoms with Crippen LogP contribution in [0.5, 0.6) is 11.5 Å². The monoisotopic (exact) mass is 482 g/mol. The number of phenols is 1. The number of rotatable bonds is 13. The minimum Gasteiger partial charge on any atom is -0.550 e. The van der Waals surface area contributed by atoms with Crippen molar-refractivity contribution in [1.29, 1.82) is 0 Å². The second kappa shape index (κ2) is 14.7. The van der Waals surface area contributed by atoms with E-state index in [1.807, 2.05) is 31.2 Å². The number of Topliss-reactive ketones (excluding diaryl/α,β-unsaturated/α-hetero) is 1. The molecular formula is C25H31NaO6S. The Hall–Kier alpha value is -1.51. The van der Waals surface area contributed by atoms with Gasteiger partial charge in [-0.15, -0.1) is 11.8 Å². The molecule has 0 heterocycles. The van der Waals surface area contributed by atoms with Crippen LogP contribution in [-0.2, 0) is 11.2 Å². The molecule has 0 aliphatic rings. The third kappa shape index (κ3) is 8.98. The molecule has 33 heavy (non-hydrogen) atoms. The van der Waals surface area contributed by atoms with Crippen LogP contribution in [0.2, 0.25) is 0 Å². The van der Waals surface area contributed by atoms with Gasteiger partial charge < -0.3 is 24.9 Å². The summed E-state index contributed by atoms with van der Waals surface area (Å²) >= 11 is 1.66. The van der Waals surface area contributed by atoms with Gasteiger partial charge in [-0.1, -0.05) is 32.4 Å². The number of aliphatic carboxylic acids is 1. The van der Waals surface area contributed by atoms with Crippen LogP contribution >= 0.6 is 11.8 Å². The molecule has 0 bridgehead atoms. The topological polar surface area (TPSA) is 107 Å². The first-order chi connectivity index (χ1) is 15.2. The van der Waals surface area contributed by atoms with Gasteiger partial charge in [0, 0.05) is 22.2 Å². The van der Waals surface area contributed by atoms with Gasteiger partial charge in [-0.25, -0.2) is 0 Å². The predicted molar refractivity (Wildman–Crippen MR) is 123 cm³/mol. The Morgan fingerprint density at radius 2 is 1.82 bits per heavy atom. The first-order valence-electron chi connectivity index (χ1n) is 10.8. The van der Waals surface area contributed by atoms with Gasteiger partial charge in [0.15, 0.2) is 5.78 Å². The van der Waals surface area contributed by atoms with E-state index in [1.165, 1.54) is 6.92 Å². The number of thioether (sulfide) groups is 1. The van der Waals surface area contributed by atoms with E-state index in [9.17, 15) is 24.9 Å². The molecule has 6 nitrogen and oxygen atoms in total. The summed E-state index contributed by atoms with van der Waals surface area (Å²) in [4.78, 5) is 23.4. The van der Waals surface area contributed by atoms with Crippen molar-refractivity contribution >= 4 is 23.5 Å². The fraction of sp³-hybridized carbons (Fsp3) is 0.440. The summed E-state index contributed by atoms with van der Waals surface area (Å²) in [5, 5.41) is 31.4. The van der Waals surface area contributed by atoms with Crippen LogP contribution in [0.15, 0.2) is 41.3 Å². The van der Waals surface area contributed by atoms with Crippen molar-refractivity contribution in [3.8, 4) is 11.5 Å². The van der Waals surface area contributed by atoms with Crippen LogP contribution in [0, 0.1) is 5.92 Å². The van der Waals surface area contributed by atoms with E-state index in [0.29, 0.717) is 35.5 Å². The van der Waals surface area contributed by atoms with Gasteiger partial charge in [0.25, 0.3) is 0 Å². The van der Waals surface area contributed by atoms with Crippen LogP contribution in [0.1, 0.15) is 67.6 Å². The van der Waals surface area contributed by atoms with Crippen molar-refractivity contribution in [1.82, 2.24) is 0 Å². The molecule has 2 atom stereocenters. The average molecular weight is 483 g/mol. The summed E-state index contributed by atoms with van der Waals surface area (Å²) < 4.78 is 5.88. The summed E-state index contributed by atoms with van der Waals surface area (Å²) in [7, 11) is 0. The zero-order chi connectivity index (χ0) is 23.7. The summed E-state index contributed by atoms with van der Waals surface area (Å²) in [6.07, 6.45) is 1.23. The van der Waals surface area contributed by atoms with Crippen molar-refractivity contribution < 1.29 is 59.2 Å². The second-order valence-corrected chi connectivity index (χ2v) is 9.03. The van der Waals surface area contributed by atoms with Crippen molar-refractivity contribution in [2.24, 2.45) is 5.92 Å². The van der Waals surface area contributed by atoms with Crippen LogP contribution in [-0.4, -0.2) is 34.3 Å². The molecule has 0 spiro atoms. The summed E-state index contributed by atoms with van der Waals surface area (Å²) in [6.45, 7) is 5.61. The Kier molecular flexibility index (Phi) is 13.1. The number of ether oxygens (including phenoxy) is 1. The standard InChI is InChI=1S/C25H32O6S.Na/c1-4-6-21-22(12-11-20(17(3)26)25(21)30)31-13-5-14-32-19-9-7-18(8-10-19)24(29)16(2)15-23(27)28;/h7-12,16,24,29-30H,4-6,13-15H2,1-3H3,(H,27,28);/q;+1/p-1/t16-,24+;/m1./s1. The van der Waals surface area contributed by atoms with E-state index in [4.69, 9.17) is 4.74 Å². The van der Waals surface area contributed by atoms with Crippen molar-refractivity contribution in [2.45, 2.75) is 57.5 Å². The molecule has 0 amide bonds. The Labute approximate surface area is 222 Å². The Morgan fingerprint density at radius 1 is 1.15 bits per heavy atom. The van der Waals surface area contributed by atoms with Crippen LogP contribution in [0.25, 0.3) is 0 Å². The number of aromatic hydroxyl groups is 1. The maximum absolute atomic E-state index is 11.7. The first kappa shape index (κ1) is 29.5. The summed E-state index contributed by atoms with van der Waals surface area (Å²) in [5.41, 5.74) is 1.68. The molecule has 174 valence electrons. The molecular weight excluding hydrogens is 451 g/mol. The molecule has 0 aliphatic heterocycles. The first-order valence-corrected chi connectivity index (χ1v) is 11.8. The number of ketones is 1. The van der Waals surface area contributed by atoms with E-state index >= 15 is 0 Å².